The first-order valence-corrected chi connectivity index (χ1v) is 7.02. The highest BCUT2D eigenvalue weighted by Crippen LogP contribution is 2.57. The largest absolute Gasteiger partial charge is 0.327 e. The summed E-state index contributed by atoms with van der Waals surface area (Å²) in [6.07, 6.45) is 3.21. The smallest absolute Gasteiger partial charge is 0.0627 e. The van der Waals surface area contributed by atoms with Crippen molar-refractivity contribution < 1.29 is 0 Å². The summed E-state index contributed by atoms with van der Waals surface area (Å²) in [6, 6.07) is 6.19. The SMILES string of the molecule is CCC1(CC)C(N)CC1c1cccc(Cl)c1Cl. The van der Waals surface area contributed by atoms with Crippen molar-refractivity contribution in [3.8, 4) is 0 Å². The Hall–Kier alpha value is -0.240. The van der Waals surface area contributed by atoms with E-state index in [1.807, 2.05) is 12.1 Å². The van der Waals surface area contributed by atoms with Crippen LogP contribution in [0.4, 0.5) is 0 Å². The molecule has 0 radical (unpaired) electrons. The zero-order chi connectivity index (χ0) is 12.6. The number of hydrogen-bond acceptors (Lipinski definition) is 1. The van der Waals surface area contributed by atoms with Gasteiger partial charge in [-0.15, -0.1) is 0 Å². The molecule has 1 aromatic carbocycles. The second-order valence-corrected chi connectivity index (χ2v) is 5.76. The Morgan fingerprint density at radius 3 is 2.47 bits per heavy atom. The molecule has 0 bridgehead atoms. The monoisotopic (exact) mass is 271 g/mol. The van der Waals surface area contributed by atoms with E-state index in [2.05, 4.69) is 19.9 Å². The average Bonchev–Trinajstić information content (AvgIpc) is 2.32. The highest BCUT2D eigenvalue weighted by Gasteiger charge is 2.51. The molecule has 17 heavy (non-hydrogen) atoms. The van der Waals surface area contributed by atoms with Crippen LogP contribution >= 0.6 is 23.2 Å². The Labute approximate surface area is 113 Å². The molecule has 2 rings (SSSR count). The molecule has 2 N–H and O–H groups in total. The van der Waals surface area contributed by atoms with Crippen LogP contribution in [0.1, 0.15) is 44.6 Å². The molecule has 1 aliphatic rings. The van der Waals surface area contributed by atoms with Crippen LogP contribution in [0.2, 0.25) is 10.0 Å². The van der Waals surface area contributed by atoms with E-state index in [4.69, 9.17) is 28.9 Å². The predicted molar refractivity (Wildman–Crippen MR) is 74.8 cm³/mol. The van der Waals surface area contributed by atoms with E-state index in [9.17, 15) is 0 Å². The second-order valence-electron chi connectivity index (χ2n) is 4.98. The van der Waals surface area contributed by atoms with E-state index in [1.54, 1.807) is 0 Å². The first-order valence-electron chi connectivity index (χ1n) is 6.26. The third-order valence-electron chi connectivity index (χ3n) is 4.60. The van der Waals surface area contributed by atoms with Gasteiger partial charge >= 0.3 is 0 Å². The van der Waals surface area contributed by atoms with Crippen molar-refractivity contribution >= 4 is 23.2 Å². The molecule has 94 valence electrons. The van der Waals surface area contributed by atoms with Crippen molar-refractivity contribution in [2.75, 3.05) is 0 Å². The van der Waals surface area contributed by atoms with Gasteiger partial charge in [0.1, 0.15) is 0 Å². The molecular formula is C14H19Cl2N. The maximum Gasteiger partial charge on any atom is 0.0627 e. The third-order valence-corrected chi connectivity index (χ3v) is 5.43. The number of nitrogens with two attached hydrogens (primary N) is 1. The zero-order valence-corrected chi connectivity index (χ0v) is 11.9. The van der Waals surface area contributed by atoms with Crippen LogP contribution in [0.5, 0.6) is 0 Å². The fraction of sp³-hybridized carbons (Fsp3) is 0.571. The van der Waals surface area contributed by atoms with Gasteiger partial charge in [-0.1, -0.05) is 49.2 Å². The van der Waals surface area contributed by atoms with Gasteiger partial charge in [-0.2, -0.15) is 0 Å². The molecule has 0 heterocycles. The van der Waals surface area contributed by atoms with Gasteiger partial charge in [0.05, 0.1) is 10.0 Å². The van der Waals surface area contributed by atoms with Crippen molar-refractivity contribution in [2.45, 2.75) is 45.1 Å². The summed E-state index contributed by atoms with van der Waals surface area (Å²) in [7, 11) is 0. The fourth-order valence-electron chi connectivity index (χ4n) is 3.31. The van der Waals surface area contributed by atoms with Gasteiger partial charge in [-0.05, 0) is 42.2 Å². The molecule has 1 fully saturated rings. The number of rotatable bonds is 3. The summed E-state index contributed by atoms with van der Waals surface area (Å²) in [5, 5.41) is 1.35. The summed E-state index contributed by atoms with van der Waals surface area (Å²) in [6.45, 7) is 4.43. The van der Waals surface area contributed by atoms with Crippen molar-refractivity contribution in [2.24, 2.45) is 11.1 Å². The van der Waals surface area contributed by atoms with Crippen molar-refractivity contribution in [1.29, 1.82) is 0 Å². The van der Waals surface area contributed by atoms with Gasteiger partial charge in [-0.3, -0.25) is 0 Å². The normalized spacial score (nSPS) is 26.6. The lowest BCUT2D eigenvalue weighted by Gasteiger charge is -2.55. The Morgan fingerprint density at radius 2 is 1.94 bits per heavy atom. The zero-order valence-electron chi connectivity index (χ0n) is 10.3. The molecule has 1 nitrogen and oxygen atoms in total. The fourth-order valence-corrected chi connectivity index (χ4v) is 3.75. The third kappa shape index (κ3) is 1.89. The minimum absolute atomic E-state index is 0.203. The van der Waals surface area contributed by atoms with Crippen LogP contribution in [0.25, 0.3) is 0 Å². The summed E-state index contributed by atoms with van der Waals surface area (Å²) >= 11 is 12.4. The highest BCUT2D eigenvalue weighted by molar-refractivity contribution is 6.42. The van der Waals surface area contributed by atoms with E-state index < -0.39 is 0 Å². The molecule has 0 spiro atoms. The van der Waals surface area contributed by atoms with E-state index in [0.29, 0.717) is 16.0 Å². The van der Waals surface area contributed by atoms with Crippen LogP contribution in [0, 0.1) is 5.41 Å². The van der Waals surface area contributed by atoms with Gasteiger partial charge in [0.25, 0.3) is 0 Å². The molecule has 1 aliphatic carbocycles. The average molecular weight is 272 g/mol. The molecule has 0 aliphatic heterocycles. The van der Waals surface area contributed by atoms with Crippen LogP contribution in [0.3, 0.4) is 0 Å². The summed E-state index contributed by atoms with van der Waals surface area (Å²) in [5.74, 6) is 0.457. The highest BCUT2D eigenvalue weighted by atomic mass is 35.5. The summed E-state index contributed by atoms with van der Waals surface area (Å²) in [5.41, 5.74) is 7.59. The Bertz CT molecular complexity index is 413. The quantitative estimate of drug-likeness (QED) is 0.854. The molecule has 0 saturated heterocycles. The summed E-state index contributed by atoms with van der Waals surface area (Å²) in [4.78, 5) is 0. The Kier molecular flexibility index (Phi) is 3.72. The lowest BCUT2D eigenvalue weighted by Crippen LogP contribution is -2.55. The van der Waals surface area contributed by atoms with Crippen molar-refractivity contribution in [3.05, 3.63) is 33.8 Å². The summed E-state index contributed by atoms with van der Waals surface area (Å²) < 4.78 is 0. The standard InChI is InChI=1S/C14H19Cl2N/c1-3-14(4-2)10(8-12(14)17)9-6-5-7-11(15)13(9)16/h5-7,10,12H,3-4,8,17H2,1-2H3. The van der Waals surface area contributed by atoms with Gasteiger partial charge < -0.3 is 5.73 Å². The lowest BCUT2D eigenvalue weighted by atomic mass is 9.52. The molecule has 0 aromatic heterocycles. The number of hydrogen-bond donors (Lipinski definition) is 1. The molecule has 1 aromatic rings. The van der Waals surface area contributed by atoms with E-state index in [-0.39, 0.29) is 11.5 Å². The topological polar surface area (TPSA) is 26.0 Å². The number of benzene rings is 1. The minimum Gasteiger partial charge on any atom is -0.327 e. The Balaban J connectivity index is 2.39. The predicted octanol–water partition coefficient (Wildman–Crippen LogP) is 4.61. The van der Waals surface area contributed by atoms with E-state index >= 15 is 0 Å². The molecule has 2 atom stereocenters. The lowest BCUT2D eigenvalue weighted by molar-refractivity contribution is 0.0438. The van der Waals surface area contributed by atoms with Gasteiger partial charge in [0.15, 0.2) is 0 Å². The van der Waals surface area contributed by atoms with Crippen LogP contribution in [-0.4, -0.2) is 6.04 Å². The Morgan fingerprint density at radius 1 is 1.29 bits per heavy atom. The molecule has 0 amide bonds. The van der Waals surface area contributed by atoms with Crippen LogP contribution in [-0.2, 0) is 0 Å². The van der Waals surface area contributed by atoms with Crippen molar-refractivity contribution in [1.82, 2.24) is 0 Å². The van der Waals surface area contributed by atoms with Gasteiger partial charge in [-0.25, -0.2) is 0 Å². The molecular weight excluding hydrogens is 253 g/mol. The second kappa shape index (κ2) is 4.79. The van der Waals surface area contributed by atoms with E-state index in [0.717, 1.165) is 19.3 Å². The first-order chi connectivity index (χ1) is 8.06. The minimum atomic E-state index is 0.203. The molecule has 3 heteroatoms. The van der Waals surface area contributed by atoms with Gasteiger partial charge in [0.2, 0.25) is 0 Å². The van der Waals surface area contributed by atoms with Crippen molar-refractivity contribution in [3.63, 3.8) is 0 Å². The van der Waals surface area contributed by atoms with E-state index in [1.165, 1.54) is 5.56 Å². The molecule has 1 saturated carbocycles. The van der Waals surface area contributed by atoms with Crippen LogP contribution < -0.4 is 5.73 Å². The van der Waals surface area contributed by atoms with Crippen LogP contribution in [0.15, 0.2) is 18.2 Å². The maximum atomic E-state index is 6.32. The van der Waals surface area contributed by atoms with Gasteiger partial charge in [0, 0.05) is 6.04 Å². The first kappa shape index (κ1) is 13.2. The maximum absolute atomic E-state index is 6.32. The molecule has 2 unspecified atom stereocenters. The number of halogens is 2.